The van der Waals surface area contributed by atoms with Gasteiger partial charge in [0.05, 0.1) is 74.7 Å². The van der Waals surface area contributed by atoms with Crippen molar-refractivity contribution >= 4 is 128 Å². The Hall–Kier alpha value is -15.5. The summed E-state index contributed by atoms with van der Waals surface area (Å²) in [4.78, 5) is 21.2. The van der Waals surface area contributed by atoms with E-state index in [1.165, 1.54) is 99.8 Å². The Kier molecular flexibility index (Phi) is 14.1. The molecule has 0 saturated heterocycles. The third-order valence-electron chi connectivity index (χ3n) is 27.4. The van der Waals surface area contributed by atoms with Gasteiger partial charge < -0.3 is 33.2 Å². The molecule has 11 nitrogen and oxygen atoms in total. The maximum Gasteiger partial charge on any atom is 0.200 e. The number of furan rings is 1. The summed E-state index contributed by atoms with van der Waals surface area (Å²) in [5, 5.41) is 8.37. The minimum absolute atomic E-state index is 0.00361. The maximum atomic E-state index is 6.43. The number of para-hydroxylation sites is 7. The first-order chi connectivity index (χ1) is 60.1. The molecule has 8 unspecified atom stereocenters. The molecule has 19 aromatic rings. The fourth-order valence-corrected chi connectivity index (χ4v) is 22.6. The SMILES string of the molecule is C1=CC2C3=C(C=CC4C3c3ccc(-c5ccc6c(c5)N(c5ccccc5)C5c7c(c8ccccc8n7-c7cccc(-n8c9ccc(C%10=CC%11C(C=C%10)c%10c(ccc%12c%13ccccc%13n(-c%13ccccc%13)c%10%12)N%11c%10ccccc%10)cc9c9ccc%10c%11ccccc%11n(-c%11ccccc%11)c%10c98)n7)C=CC65)cc3N4c3ccco3)N(c3ccccn3)C2C=C1. The molecule has 4 aliphatic carbocycles. The zero-order chi connectivity index (χ0) is 78.8. The Morgan fingerprint density at radius 2 is 0.901 bits per heavy atom. The Morgan fingerprint density at radius 1 is 0.322 bits per heavy atom. The van der Waals surface area contributed by atoms with Gasteiger partial charge in [-0.1, -0.05) is 249 Å². The average molecular weight is 1550 g/mol. The monoisotopic (exact) mass is 1550 g/mol. The van der Waals surface area contributed by atoms with Crippen LogP contribution in [0.25, 0.3) is 122 Å². The first kappa shape index (κ1) is 66.7. The van der Waals surface area contributed by atoms with Gasteiger partial charge in [0.25, 0.3) is 0 Å². The molecule has 27 rings (SSSR count). The van der Waals surface area contributed by atoms with Gasteiger partial charge in [-0.15, -0.1) is 0 Å². The molecule has 0 saturated carbocycles. The first-order valence-corrected chi connectivity index (χ1v) is 42.2. The lowest BCUT2D eigenvalue weighted by Gasteiger charge is -2.33. The summed E-state index contributed by atoms with van der Waals surface area (Å²) in [6, 6.07) is 119. The average Bonchev–Trinajstić information content (AvgIpc) is 1.55. The smallest absolute Gasteiger partial charge is 0.200 e. The molecule has 8 aliphatic rings. The minimum atomic E-state index is -0.159. The van der Waals surface area contributed by atoms with E-state index in [1.807, 2.05) is 18.3 Å². The van der Waals surface area contributed by atoms with Gasteiger partial charge in [-0.3, -0.25) is 9.13 Å². The van der Waals surface area contributed by atoms with E-state index in [0.29, 0.717) is 0 Å². The second-order valence-electron chi connectivity index (χ2n) is 33.3. The van der Waals surface area contributed by atoms with Gasteiger partial charge in [-0.2, -0.15) is 0 Å². The Morgan fingerprint density at radius 3 is 1.61 bits per heavy atom. The fraction of sp³-hybridized carbons (Fsp3) is 0.0727. The van der Waals surface area contributed by atoms with Crippen molar-refractivity contribution in [2.24, 2.45) is 5.92 Å². The van der Waals surface area contributed by atoms with Crippen LogP contribution in [0.4, 0.5) is 40.1 Å². The Balaban J connectivity index is 0.613. The molecule has 7 aromatic heterocycles. The highest BCUT2D eigenvalue weighted by molar-refractivity contribution is 6.24. The van der Waals surface area contributed by atoms with Gasteiger partial charge in [0, 0.05) is 130 Å². The third kappa shape index (κ3) is 9.42. The van der Waals surface area contributed by atoms with Gasteiger partial charge in [0.2, 0.25) is 0 Å². The van der Waals surface area contributed by atoms with Crippen molar-refractivity contribution in [3.8, 4) is 34.1 Å². The number of anilines is 7. The van der Waals surface area contributed by atoms with Gasteiger partial charge in [0.1, 0.15) is 17.5 Å². The molecular weight excluding hydrogens is 1480 g/mol. The first-order valence-electron chi connectivity index (χ1n) is 42.2. The van der Waals surface area contributed by atoms with Crippen molar-refractivity contribution in [3.05, 3.63) is 440 Å². The molecule has 8 atom stereocenters. The minimum Gasteiger partial charge on any atom is -0.448 e. The topological polar surface area (TPSA) is 71.6 Å². The van der Waals surface area contributed by atoms with Gasteiger partial charge >= 0.3 is 0 Å². The Bertz CT molecular complexity index is 7850. The van der Waals surface area contributed by atoms with E-state index < -0.39 is 0 Å². The molecule has 4 aliphatic heterocycles. The van der Waals surface area contributed by atoms with Crippen LogP contribution in [-0.2, 0) is 0 Å². The lowest BCUT2D eigenvalue weighted by Crippen LogP contribution is -2.33. The molecule has 0 spiro atoms. The molecule has 0 radical (unpaired) electrons. The molecule has 0 fully saturated rings. The van der Waals surface area contributed by atoms with Crippen LogP contribution in [0.3, 0.4) is 0 Å². The van der Waals surface area contributed by atoms with Crippen molar-refractivity contribution in [2.75, 3.05) is 19.6 Å². The molecule has 121 heavy (non-hydrogen) atoms. The van der Waals surface area contributed by atoms with E-state index in [-0.39, 0.29) is 47.8 Å². The van der Waals surface area contributed by atoms with Crippen LogP contribution in [0, 0.1) is 5.92 Å². The van der Waals surface area contributed by atoms with Gasteiger partial charge in [-0.25, -0.2) is 9.97 Å². The number of benzene rings is 12. The van der Waals surface area contributed by atoms with Crippen LogP contribution in [0.2, 0.25) is 0 Å². The van der Waals surface area contributed by atoms with E-state index in [1.54, 1.807) is 6.26 Å². The van der Waals surface area contributed by atoms with E-state index >= 15 is 0 Å². The Labute approximate surface area is 697 Å². The molecule has 11 heterocycles. The normalized spacial score (nSPS) is 20.0. The van der Waals surface area contributed by atoms with Crippen molar-refractivity contribution in [1.82, 2.24) is 28.2 Å². The number of nitrogens with zero attached hydrogens (tertiary/aromatic N) is 10. The van der Waals surface area contributed by atoms with E-state index in [2.05, 4.69) is 414 Å². The van der Waals surface area contributed by atoms with Gasteiger partial charge in [-0.05, 0) is 172 Å². The number of rotatable bonds is 10. The van der Waals surface area contributed by atoms with E-state index in [0.717, 1.165) is 101 Å². The third-order valence-corrected chi connectivity index (χ3v) is 27.4. The number of allylic oxidation sites excluding steroid dienone is 5. The zero-order valence-electron chi connectivity index (χ0n) is 65.6. The van der Waals surface area contributed by atoms with Crippen molar-refractivity contribution in [2.45, 2.75) is 41.9 Å². The molecule has 0 bridgehead atoms. The summed E-state index contributed by atoms with van der Waals surface area (Å²) in [7, 11) is 0. The summed E-state index contributed by atoms with van der Waals surface area (Å²) in [5.41, 5.74) is 29.7. The highest BCUT2D eigenvalue weighted by Gasteiger charge is 2.52. The largest absolute Gasteiger partial charge is 0.448 e. The highest BCUT2D eigenvalue weighted by Crippen LogP contribution is 2.62. The van der Waals surface area contributed by atoms with Crippen LogP contribution in [0.1, 0.15) is 57.3 Å². The summed E-state index contributed by atoms with van der Waals surface area (Å²) in [6.07, 6.45) is 29.9. The van der Waals surface area contributed by atoms with Crippen molar-refractivity contribution < 1.29 is 4.42 Å². The number of fused-ring (bicyclic) bond motifs is 27. The zero-order valence-corrected chi connectivity index (χ0v) is 65.6. The molecular formula is C110H74N10O. The number of hydrogen-bond donors (Lipinski definition) is 0. The predicted octanol–water partition coefficient (Wildman–Crippen LogP) is 26.3. The molecule has 11 heteroatoms. The summed E-state index contributed by atoms with van der Waals surface area (Å²) in [5.74, 6) is 3.77. The van der Waals surface area contributed by atoms with Crippen LogP contribution >= 0.6 is 0 Å². The fourth-order valence-electron chi connectivity index (χ4n) is 22.6. The number of pyridine rings is 2. The van der Waals surface area contributed by atoms with Crippen molar-refractivity contribution in [1.29, 1.82) is 0 Å². The van der Waals surface area contributed by atoms with Crippen LogP contribution in [0.15, 0.2) is 410 Å². The van der Waals surface area contributed by atoms with Crippen LogP contribution in [0.5, 0.6) is 0 Å². The summed E-state index contributed by atoms with van der Waals surface area (Å²) >= 11 is 0. The second kappa shape index (κ2) is 25.5. The molecule has 570 valence electrons. The predicted molar refractivity (Wildman–Crippen MR) is 494 cm³/mol. The maximum absolute atomic E-state index is 6.43. The van der Waals surface area contributed by atoms with Gasteiger partial charge in [0.15, 0.2) is 5.88 Å². The van der Waals surface area contributed by atoms with Crippen LogP contribution < -0.4 is 19.6 Å². The molecule has 0 amide bonds. The van der Waals surface area contributed by atoms with E-state index in [9.17, 15) is 0 Å². The molecule has 0 N–H and O–H groups in total. The second-order valence-corrected chi connectivity index (χ2v) is 33.3. The lowest BCUT2D eigenvalue weighted by molar-refractivity contribution is 0.540. The highest BCUT2D eigenvalue weighted by atomic mass is 16.3. The van der Waals surface area contributed by atoms with Crippen molar-refractivity contribution in [3.63, 3.8) is 0 Å². The summed E-state index contributed by atoms with van der Waals surface area (Å²) in [6.45, 7) is 0. The van der Waals surface area contributed by atoms with E-state index in [4.69, 9.17) is 14.4 Å². The standard InChI is InChI=1S/C110H74N10O/c1-5-25-71(26-6-1)113-95-58-56-79-75-33-13-17-37-88(75)114(72-27-7-2-8-28-72)106(79)105(95)86-51-47-68(65-97(86)113)67-48-57-92-87(63-67)83-55-54-80-76-34-14-18-38-89(76)115(73-29-9-3-10-30-73)107(80)110(83)120(92)101-43-23-42-100(112-101)119-90-39-19-15-35-77(90)81-52-53-82-78-49-45-69(64-96(78)116(108(82)109(81)119)74-31-11-4-12-32-74)70-46-50-85-98(66-70)118(102-44-24-62-121-102)94-60-59-93-103(104(85)94)84-36-16-20-40-91(84)117(93)99-41-21-22-61-111-99/h1-66,82,84,86,91,94,97,104,108H. The lowest BCUT2D eigenvalue weighted by atomic mass is 9.76. The summed E-state index contributed by atoms with van der Waals surface area (Å²) < 4.78 is 16.4. The number of aromatic nitrogens is 6. The quantitative estimate of drug-likeness (QED) is 0.135. The molecule has 12 aromatic carbocycles. The van der Waals surface area contributed by atoms with Crippen LogP contribution in [-0.4, -0.2) is 46.4 Å². The number of hydrogen-bond acceptors (Lipinski definition) is 7.